The highest BCUT2D eigenvalue weighted by Gasteiger charge is 2.34. The van der Waals surface area contributed by atoms with Crippen LogP contribution in [0.25, 0.3) is 0 Å². The molecule has 0 radical (unpaired) electrons. The molecule has 0 spiro atoms. The zero-order chi connectivity index (χ0) is 17.0. The third-order valence-corrected chi connectivity index (χ3v) is 3.86. The number of hydrogen-bond acceptors (Lipinski definition) is 4. The Hall–Kier alpha value is -1.75. The molecule has 1 aromatic rings. The Morgan fingerprint density at radius 1 is 1.39 bits per heavy atom. The summed E-state index contributed by atoms with van der Waals surface area (Å²) in [7, 11) is 0. The predicted octanol–water partition coefficient (Wildman–Crippen LogP) is 3.38. The Labute approximate surface area is 138 Å². The van der Waals surface area contributed by atoms with E-state index >= 15 is 0 Å². The van der Waals surface area contributed by atoms with Gasteiger partial charge in [0.05, 0.1) is 12.7 Å². The molecule has 0 aromatic heterocycles. The lowest BCUT2D eigenvalue weighted by Gasteiger charge is -2.25. The molecule has 1 aromatic carbocycles. The molecule has 23 heavy (non-hydrogen) atoms. The highest BCUT2D eigenvalue weighted by Crippen LogP contribution is 2.35. The number of aliphatic hydroxyl groups is 1. The highest BCUT2D eigenvalue weighted by atomic mass is 16.6. The van der Waals surface area contributed by atoms with Crippen LogP contribution in [-0.4, -0.2) is 41.4 Å². The molecule has 1 amide bonds. The topological polar surface area (TPSA) is 59.0 Å². The lowest BCUT2D eigenvalue weighted by Crippen LogP contribution is -2.35. The molecular weight excluding hydrogens is 294 g/mol. The van der Waals surface area contributed by atoms with E-state index in [-0.39, 0.29) is 12.0 Å². The van der Waals surface area contributed by atoms with Gasteiger partial charge in [-0.1, -0.05) is 18.2 Å². The lowest BCUT2D eigenvalue weighted by atomic mass is 9.94. The molecular formula is C18H27NO4. The first-order valence-corrected chi connectivity index (χ1v) is 8.19. The maximum atomic E-state index is 12.1. The molecule has 0 aliphatic carbocycles. The minimum absolute atomic E-state index is 0.0101. The molecule has 128 valence electrons. The van der Waals surface area contributed by atoms with Crippen molar-refractivity contribution in [3.05, 3.63) is 29.8 Å². The number of amides is 1. The summed E-state index contributed by atoms with van der Waals surface area (Å²) >= 11 is 0. The molecule has 1 aliphatic heterocycles. The Morgan fingerprint density at radius 2 is 2.09 bits per heavy atom. The van der Waals surface area contributed by atoms with Crippen LogP contribution in [-0.2, 0) is 4.74 Å². The van der Waals surface area contributed by atoms with E-state index in [9.17, 15) is 9.90 Å². The number of rotatable bonds is 4. The Kier molecular flexibility index (Phi) is 5.52. The van der Waals surface area contributed by atoms with Crippen molar-refractivity contribution in [1.29, 1.82) is 0 Å². The molecule has 0 bridgehead atoms. The summed E-state index contributed by atoms with van der Waals surface area (Å²) < 4.78 is 11.0. The number of aliphatic hydroxyl groups excluding tert-OH is 1. The average Bonchev–Trinajstić information content (AvgIpc) is 2.96. The molecule has 2 atom stereocenters. The Bertz CT molecular complexity index is 538. The van der Waals surface area contributed by atoms with Crippen molar-refractivity contribution in [3.63, 3.8) is 0 Å². The normalized spacial score (nSPS) is 19.5. The van der Waals surface area contributed by atoms with E-state index in [0.29, 0.717) is 25.4 Å². The quantitative estimate of drug-likeness (QED) is 0.923. The fourth-order valence-electron chi connectivity index (χ4n) is 2.80. The first-order chi connectivity index (χ1) is 10.8. The fourth-order valence-corrected chi connectivity index (χ4v) is 2.80. The summed E-state index contributed by atoms with van der Waals surface area (Å²) in [6.07, 6.45) is -0.212. The van der Waals surface area contributed by atoms with Crippen LogP contribution in [0.15, 0.2) is 24.3 Å². The molecule has 1 aliphatic rings. The van der Waals surface area contributed by atoms with Crippen molar-refractivity contribution >= 4 is 6.09 Å². The van der Waals surface area contributed by atoms with Crippen LogP contribution in [0.4, 0.5) is 4.79 Å². The molecule has 2 unspecified atom stereocenters. The van der Waals surface area contributed by atoms with Gasteiger partial charge in [-0.2, -0.15) is 0 Å². The fraction of sp³-hybridized carbons (Fsp3) is 0.611. The second kappa shape index (κ2) is 7.21. The van der Waals surface area contributed by atoms with Gasteiger partial charge in [0, 0.05) is 24.6 Å². The number of likely N-dealkylation sites (tertiary alicyclic amines) is 1. The predicted molar refractivity (Wildman–Crippen MR) is 88.5 cm³/mol. The molecule has 1 heterocycles. The van der Waals surface area contributed by atoms with Crippen LogP contribution in [0.2, 0.25) is 0 Å². The van der Waals surface area contributed by atoms with Crippen molar-refractivity contribution in [3.8, 4) is 5.75 Å². The van der Waals surface area contributed by atoms with E-state index in [1.165, 1.54) is 0 Å². The van der Waals surface area contributed by atoms with Gasteiger partial charge in [0.25, 0.3) is 0 Å². The smallest absolute Gasteiger partial charge is 0.410 e. The molecule has 0 saturated carbocycles. The first-order valence-electron chi connectivity index (χ1n) is 8.19. The lowest BCUT2D eigenvalue weighted by molar-refractivity contribution is 0.0267. The van der Waals surface area contributed by atoms with Crippen LogP contribution in [0.5, 0.6) is 5.75 Å². The summed E-state index contributed by atoms with van der Waals surface area (Å²) in [5, 5.41) is 10.7. The third-order valence-electron chi connectivity index (χ3n) is 3.86. The van der Waals surface area contributed by atoms with Gasteiger partial charge in [-0.3, -0.25) is 0 Å². The monoisotopic (exact) mass is 321 g/mol. The summed E-state index contributed by atoms with van der Waals surface area (Å²) in [5.74, 6) is 0.697. The van der Waals surface area contributed by atoms with Gasteiger partial charge in [0.1, 0.15) is 11.4 Å². The van der Waals surface area contributed by atoms with Gasteiger partial charge in [-0.05, 0) is 40.2 Å². The Morgan fingerprint density at radius 3 is 2.74 bits per heavy atom. The molecule has 5 nitrogen and oxygen atoms in total. The van der Waals surface area contributed by atoms with Crippen molar-refractivity contribution in [2.24, 2.45) is 5.92 Å². The second-order valence-electron chi connectivity index (χ2n) is 6.89. The number of hydrogen-bond donors (Lipinski definition) is 1. The molecule has 5 heteroatoms. The van der Waals surface area contributed by atoms with Crippen molar-refractivity contribution in [2.45, 2.75) is 45.8 Å². The van der Waals surface area contributed by atoms with Gasteiger partial charge in [-0.25, -0.2) is 4.79 Å². The molecule has 1 fully saturated rings. The van der Waals surface area contributed by atoms with Gasteiger partial charge in [-0.15, -0.1) is 0 Å². The number of para-hydroxylation sites is 1. The number of carbonyl (C=O) groups is 1. The highest BCUT2D eigenvalue weighted by molar-refractivity contribution is 5.68. The maximum absolute atomic E-state index is 12.1. The van der Waals surface area contributed by atoms with Crippen LogP contribution in [0.3, 0.4) is 0 Å². The van der Waals surface area contributed by atoms with Crippen molar-refractivity contribution in [2.75, 3.05) is 19.7 Å². The number of nitrogens with zero attached hydrogens (tertiary/aromatic N) is 1. The SMILES string of the molecule is CCOc1ccccc1C(O)C1CCN(C(=O)OC(C)(C)C)C1. The van der Waals surface area contributed by atoms with Gasteiger partial charge in [0.2, 0.25) is 0 Å². The first kappa shape index (κ1) is 17.6. The molecule has 1 saturated heterocycles. The van der Waals surface area contributed by atoms with Gasteiger partial charge < -0.3 is 19.5 Å². The maximum Gasteiger partial charge on any atom is 0.410 e. The average molecular weight is 321 g/mol. The number of ether oxygens (including phenoxy) is 2. The zero-order valence-electron chi connectivity index (χ0n) is 14.4. The van der Waals surface area contributed by atoms with Crippen LogP contribution in [0.1, 0.15) is 45.8 Å². The van der Waals surface area contributed by atoms with E-state index in [2.05, 4.69) is 0 Å². The number of benzene rings is 1. The third kappa shape index (κ3) is 4.61. The minimum Gasteiger partial charge on any atom is -0.493 e. The number of carbonyl (C=O) groups excluding carboxylic acids is 1. The molecule has 1 N–H and O–H groups in total. The summed E-state index contributed by atoms with van der Waals surface area (Å²) in [4.78, 5) is 13.8. The molecule has 2 rings (SSSR count). The largest absolute Gasteiger partial charge is 0.493 e. The van der Waals surface area contributed by atoms with Crippen LogP contribution >= 0.6 is 0 Å². The standard InChI is InChI=1S/C18H27NO4/c1-5-22-15-9-7-6-8-14(15)16(20)13-10-11-19(12-13)17(21)23-18(2,3)4/h6-9,13,16,20H,5,10-12H2,1-4H3. The van der Waals surface area contributed by atoms with Gasteiger partial charge in [0.15, 0.2) is 0 Å². The summed E-state index contributed by atoms with van der Waals surface area (Å²) in [5.41, 5.74) is 0.278. The van der Waals surface area contributed by atoms with E-state index in [1.807, 2.05) is 52.0 Å². The van der Waals surface area contributed by atoms with Crippen LogP contribution < -0.4 is 4.74 Å². The van der Waals surface area contributed by atoms with Crippen molar-refractivity contribution < 1.29 is 19.4 Å². The zero-order valence-corrected chi connectivity index (χ0v) is 14.4. The van der Waals surface area contributed by atoms with Crippen molar-refractivity contribution in [1.82, 2.24) is 4.90 Å². The van der Waals surface area contributed by atoms with Crippen LogP contribution in [0, 0.1) is 5.92 Å². The minimum atomic E-state index is -0.648. The van der Waals surface area contributed by atoms with E-state index in [0.717, 1.165) is 12.0 Å². The second-order valence-corrected chi connectivity index (χ2v) is 6.89. The van der Waals surface area contributed by atoms with E-state index in [4.69, 9.17) is 9.47 Å². The summed E-state index contributed by atoms with van der Waals surface area (Å²) in [6, 6.07) is 7.53. The summed E-state index contributed by atoms with van der Waals surface area (Å²) in [6.45, 7) is 9.13. The Balaban J connectivity index is 2.03. The van der Waals surface area contributed by atoms with E-state index in [1.54, 1.807) is 4.90 Å². The van der Waals surface area contributed by atoms with E-state index < -0.39 is 11.7 Å². The van der Waals surface area contributed by atoms with Gasteiger partial charge >= 0.3 is 6.09 Å².